The molecule has 2 aromatic rings. The molecule has 0 aromatic heterocycles. The largest absolute Gasteiger partial charge is 0.508 e. The van der Waals surface area contributed by atoms with Gasteiger partial charge in [-0.1, -0.05) is 0 Å². The van der Waals surface area contributed by atoms with Crippen LogP contribution in [0.2, 0.25) is 0 Å². The molecule has 0 unspecified atom stereocenters. The molecule has 5 nitrogen and oxygen atoms in total. The zero-order valence-corrected chi connectivity index (χ0v) is 10.7. The lowest BCUT2D eigenvalue weighted by atomic mass is 10.1. The predicted molar refractivity (Wildman–Crippen MR) is 81.0 cm³/mol. The van der Waals surface area contributed by atoms with Crippen molar-refractivity contribution in [3.8, 4) is 5.75 Å². The molecule has 2 rings (SSSR count). The fourth-order valence-corrected chi connectivity index (χ4v) is 1.62. The number of nitrogens with one attached hydrogen (secondary N) is 1. The van der Waals surface area contributed by atoms with E-state index in [2.05, 4.69) is 5.32 Å². The maximum Gasteiger partial charge on any atom is 0.248 e. The van der Waals surface area contributed by atoms with Crippen molar-refractivity contribution in [1.29, 1.82) is 0 Å². The molecule has 0 heterocycles. The molecule has 0 aliphatic carbocycles. The predicted octanol–water partition coefficient (Wildman–Crippen LogP) is 2.21. The minimum absolute atomic E-state index is 0.0952. The van der Waals surface area contributed by atoms with Crippen LogP contribution in [0.4, 0.5) is 17.1 Å². The number of benzene rings is 2. The number of carbonyl (C=O) groups excluding carboxylic acids is 1. The van der Waals surface area contributed by atoms with Gasteiger partial charge in [0.1, 0.15) is 5.75 Å². The van der Waals surface area contributed by atoms with E-state index in [0.717, 1.165) is 0 Å². The highest BCUT2D eigenvalue weighted by Gasteiger charge is 2.00. The Bertz CT molecular complexity index is 649. The molecule has 6 N–H and O–H groups in total. The van der Waals surface area contributed by atoms with Gasteiger partial charge in [0.05, 0.1) is 0 Å². The number of amides is 1. The first kappa shape index (κ1) is 13.5. The van der Waals surface area contributed by atoms with Gasteiger partial charge < -0.3 is 21.9 Å². The number of phenols is 1. The third kappa shape index (κ3) is 3.52. The Morgan fingerprint density at radius 2 is 1.80 bits per heavy atom. The van der Waals surface area contributed by atoms with Crippen LogP contribution in [0.15, 0.2) is 48.5 Å². The lowest BCUT2D eigenvalue weighted by Gasteiger charge is -2.03. The second kappa shape index (κ2) is 5.79. The first-order chi connectivity index (χ1) is 9.54. The summed E-state index contributed by atoms with van der Waals surface area (Å²) in [6, 6.07) is 11.4. The Kier molecular flexibility index (Phi) is 3.91. The zero-order valence-electron chi connectivity index (χ0n) is 10.7. The van der Waals surface area contributed by atoms with E-state index in [0.29, 0.717) is 22.6 Å². The van der Waals surface area contributed by atoms with Crippen LogP contribution in [-0.4, -0.2) is 11.0 Å². The maximum atomic E-state index is 11.7. The highest BCUT2D eigenvalue weighted by atomic mass is 16.3. The fourth-order valence-electron chi connectivity index (χ4n) is 1.62. The van der Waals surface area contributed by atoms with Crippen LogP contribution in [-0.2, 0) is 4.79 Å². The lowest BCUT2D eigenvalue weighted by Crippen LogP contribution is -2.07. The molecule has 0 spiro atoms. The highest BCUT2D eigenvalue weighted by Crippen LogP contribution is 2.19. The van der Waals surface area contributed by atoms with Crippen molar-refractivity contribution in [3.63, 3.8) is 0 Å². The average Bonchev–Trinajstić information content (AvgIpc) is 2.42. The Morgan fingerprint density at radius 3 is 2.50 bits per heavy atom. The first-order valence-corrected chi connectivity index (χ1v) is 5.98. The summed E-state index contributed by atoms with van der Waals surface area (Å²) in [6.45, 7) is 0. The number of rotatable bonds is 3. The molecule has 0 saturated carbocycles. The van der Waals surface area contributed by atoms with Crippen molar-refractivity contribution in [1.82, 2.24) is 0 Å². The number of nitrogens with two attached hydrogens (primary N) is 2. The molecule has 0 fully saturated rings. The molecule has 1 amide bonds. The van der Waals surface area contributed by atoms with E-state index in [9.17, 15) is 9.90 Å². The first-order valence-electron chi connectivity index (χ1n) is 5.98. The molecule has 0 radical (unpaired) electrons. The summed E-state index contributed by atoms with van der Waals surface area (Å²) in [5, 5.41) is 12.1. The molecular weight excluding hydrogens is 254 g/mol. The van der Waals surface area contributed by atoms with Crippen molar-refractivity contribution in [2.45, 2.75) is 0 Å². The quantitative estimate of drug-likeness (QED) is 0.390. The van der Waals surface area contributed by atoms with Crippen LogP contribution in [0.1, 0.15) is 5.56 Å². The molecule has 0 atom stereocenters. The average molecular weight is 269 g/mol. The van der Waals surface area contributed by atoms with Crippen molar-refractivity contribution in [3.05, 3.63) is 54.1 Å². The van der Waals surface area contributed by atoms with E-state index < -0.39 is 0 Å². The van der Waals surface area contributed by atoms with E-state index in [1.54, 1.807) is 36.4 Å². The molecule has 20 heavy (non-hydrogen) atoms. The van der Waals surface area contributed by atoms with E-state index in [-0.39, 0.29) is 11.7 Å². The third-order valence-corrected chi connectivity index (χ3v) is 2.66. The van der Waals surface area contributed by atoms with Gasteiger partial charge in [-0.25, -0.2) is 0 Å². The fraction of sp³-hybridized carbons (Fsp3) is 0. The summed E-state index contributed by atoms with van der Waals surface area (Å²) >= 11 is 0. The smallest absolute Gasteiger partial charge is 0.248 e. The van der Waals surface area contributed by atoms with Crippen molar-refractivity contribution < 1.29 is 9.90 Å². The molecule has 0 aliphatic rings. The van der Waals surface area contributed by atoms with Gasteiger partial charge in [-0.05, 0) is 48.5 Å². The van der Waals surface area contributed by atoms with Crippen LogP contribution >= 0.6 is 0 Å². The van der Waals surface area contributed by atoms with Crippen LogP contribution in [0.25, 0.3) is 6.08 Å². The Morgan fingerprint density at radius 1 is 1.10 bits per heavy atom. The number of phenolic OH excluding ortho intramolecular Hbond substituents is 1. The van der Waals surface area contributed by atoms with E-state index in [4.69, 9.17) is 11.5 Å². The van der Waals surface area contributed by atoms with Gasteiger partial charge in [0, 0.05) is 28.7 Å². The van der Waals surface area contributed by atoms with Crippen molar-refractivity contribution in [2.24, 2.45) is 0 Å². The second-order valence-corrected chi connectivity index (χ2v) is 4.26. The van der Waals surface area contributed by atoms with Crippen molar-refractivity contribution in [2.75, 3.05) is 16.8 Å². The van der Waals surface area contributed by atoms with Gasteiger partial charge in [-0.3, -0.25) is 4.79 Å². The monoisotopic (exact) mass is 269 g/mol. The van der Waals surface area contributed by atoms with Gasteiger partial charge >= 0.3 is 0 Å². The molecule has 5 heteroatoms. The topological polar surface area (TPSA) is 101 Å². The second-order valence-electron chi connectivity index (χ2n) is 4.26. The van der Waals surface area contributed by atoms with Crippen LogP contribution in [0, 0.1) is 0 Å². The standard InChI is InChI=1S/C15H15N3O2/c16-11-2-4-12(5-3-11)18-15(20)8-1-10-9-13(19)6-7-14(10)17/h1-9,19H,16-17H2,(H,18,20)/b8-1+. The molecule has 0 aliphatic heterocycles. The Hall–Kier alpha value is -2.95. The summed E-state index contributed by atoms with van der Waals surface area (Å²) in [4.78, 5) is 11.7. The van der Waals surface area contributed by atoms with Gasteiger partial charge in [0.15, 0.2) is 0 Å². The highest BCUT2D eigenvalue weighted by molar-refractivity contribution is 6.02. The summed E-state index contributed by atoms with van der Waals surface area (Å²) in [6.07, 6.45) is 2.89. The maximum absolute atomic E-state index is 11.7. The third-order valence-electron chi connectivity index (χ3n) is 2.66. The van der Waals surface area contributed by atoms with E-state index in [1.807, 2.05) is 0 Å². The summed E-state index contributed by atoms with van der Waals surface area (Å²) < 4.78 is 0. The van der Waals surface area contributed by atoms with Crippen molar-refractivity contribution >= 4 is 29.0 Å². The molecule has 102 valence electrons. The lowest BCUT2D eigenvalue weighted by molar-refractivity contribution is -0.111. The summed E-state index contributed by atoms with van der Waals surface area (Å²) in [5.74, 6) is -0.199. The summed E-state index contributed by atoms with van der Waals surface area (Å²) in [5.41, 5.74) is 13.6. The van der Waals surface area contributed by atoms with Crippen LogP contribution < -0.4 is 16.8 Å². The van der Waals surface area contributed by atoms with Gasteiger partial charge in [0.2, 0.25) is 5.91 Å². The number of aromatic hydroxyl groups is 1. The minimum atomic E-state index is -0.294. The van der Waals surface area contributed by atoms with Gasteiger partial charge in [-0.15, -0.1) is 0 Å². The van der Waals surface area contributed by atoms with Gasteiger partial charge in [0.25, 0.3) is 0 Å². The number of nitrogen functional groups attached to an aromatic ring is 2. The summed E-state index contributed by atoms with van der Waals surface area (Å²) in [7, 11) is 0. The van der Waals surface area contributed by atoms with E-state index >= 15 is 0 Å². The molecule has 0 bridgehead atoms. The number of hydrogen-bond acceptors (Lipinski definition) is 4. The zero-order chi connectivity index (χ0) is 14.5. The molecule has 0 saturated heterocycles. The number of anilines is 3. The Balaban J connectivity index is 2.05. The molecule has 2 aromatic carbocycles. The number of hydrogen-bond donors (Lipinski definition) is 4. The minimum Gasteiger partial charge on any atom is -0.508 e. The normalized spacial score (nSPS) is 10.6. The molecular formula is C15H15N3O2. The van der Waals surface area contributed by atoms with E-state index in [1.165, 1.54) is 18.2 Å². The van der Waals surface area contributed by atoms with Crippen LogP contribution in [0.3, 0.4) is 0 Å². The number of carbonyl (C=O) groups is 1. The van der Waals surface area contributed by atoms with Gasteiger partial charge in [-0.2, -0.15) is 0 Å². The van der Waals surface area contributed by atoms with Crippen LogP contribution in [0.5, 0.6) is 5.75 Å². The Labute approximate surface area is 116 Å². The SMILES string of the molecule is Nc1ccc(NC(=O)/C=C/c2cc(O)ccc2N)cc1.